The summed E-state index contributed by atoms with van der Waals surface area (Å²) in [6.07, 6.45) is 2.20. The molecule has 1 amide bonds. The quantitative estimate of drug-likeness (QED) is 0.315. The largest absolute Gasteiger partial charge is 0.378 e. The molecule has 1 aliphatic heterocycles. The van der Waals surface area contributed by atoms with Gasteiger partial charge in [-0.05, 0) is 24.3 Å². The number of carbonyl (C=O) groups is 1. The van der Waals surface area contributed by atoms with Crippen LogP contribution < -0.4 is 14.6 Å². The van der Waals surface area contributed by atoms with E-state index >= 15 is 0 Å². The normalized spacial score (nSPS) is 14.3. The maximum Gasteiger partial charge on any atom is 0.270 e. The Hall–Kier alpha value is -2.93. The Morgan fingerprint density at radius 1 is 1.26 bits per heavy atom. The van der Waals surface area contributed by atoms with Gasteiger partial charge in [0.2, 0.25) is 10.0 Å². The van der Waals surface area contributed by atoms with Crippen molar-refractivity contribution in [2.45, 2.75) is 0 Å². The summed E-state index contributed by atoms with van der Waals surface area (Å²) in [6.45, 7) is 1.60. The number of carbonyl (C=O) groups excluding carboxylic acids is 1. The molecule has 0 bridgehead atoms. The maximum absolute atomic E-state index is 12.5. The molecule has 0 aromatic heterocycles. The second-order valence-corrected chi connectivity index (χ2v) is 10.0. The summed E-state index contributed by atoms with van der Waals surface area (Å²) in [7, 11) is -3.88. The first-order valence-electron chi connectivity index (χ1n) is 9.92. The third-order valence-electron chi connectivity index (χ3n) is 4.83. The molecule has 1 N–H and O–H groups in total. The highest BCUT2D eigenvalue weighted by Crippen LogP contribution is 2.30. The predicted molar refractivity (Wildman–Crippen MR) is 131 cm³/mol. The molecule has 182 valence electrons. The van der Waals surface area contributed by atoms with Crippen molar-refractivity contribution in [1.82, 2.24) is 5.43 Å². The fourth-order valence-corrected chi connectivity index (χ4v) is 4.54. The van der Waals surface area contributed by atoms with E-state index in [0.29, 0.717) is 37.6 Å². The van der Waals surface area contributed by atoms with Gasteiger partial charge in [-0.1, -0.05) is 23.2 Å². The van der Waals surface area contributed by atoms with E-state index in [1.807, 2.05) is 4.90 Å². The maximum atomic E-state index is 12.5. The Kier molecular flexibility index (Phi) is 8.31. The van der Waals surface area contributed by atoms with Crippen LogP contribution in [0.15, 0.2) is 41.5 Å². The van der Waals surface area contributed by atoms with Crippen molar-refractivity contribution in [2.75, 3.05) is 48.3 Å². The summed E-state index contributed by atoms with van der Waals surface area (Å²) in [5.41, 5.74) is 3.26. The highest BCUT2D eigenvalue weighted by Gasteiger charge is 2.23. The Labute approximate surface area is 206 Å². The SMILES string of the molecule is CS(=O)(=O)N(CC(=O)N/N=C\c1cc([N+](=O)[O-])ccc1N1CCOCC1)c1cc(Cl)ccc1Cl. The van der Waals surface area contributed by atoms with Crippen molar-refractivity contribution < 1.29 is 22.9 Å². The molecular formula is C20H21Cl2N5O6S. The van der Waals surface area contributed by atoms with Crippen molar-refractivity contribution in [2.24, 2.45) is 5.10 Å². The molecule has 0 spiro atoms. The number of hydrazone groups is 1. The number of hydrogen-bond donors (Lipinski definition) is 1. The number of benzene rings is 2. The molecule has 11 nitrogen and oxygen atoms in total. The first-order chi connectivity index (χ1) is 16.1. The molecule has 1 fully saturated rings. The number of nitrogens with zero attached hydrogens (tertiary/aromatic N) is 4. The molecule has 0 radical (unpaired) electrons. The Morgan fingerprint density at radius 2 is 1.97 bits per heavy atom. The van der Waals surface area contributed by atoms with Crippen molar-refractivity contribution >= 4 is 62.4 Å². The lowest BCUT2D eigenvalue weighted by molar-refractivity contribution is -0.384. The van der Waals surface area contributed by atoms with Crippen molar-refractivity contribution in [3.8, 4) is 0 Å². The van der Waals surface area contributed by atoms with Gasteiger partial charge in [-0.25, -0.2) is 13.8 Å². The zero-order valence-corrected chi connectivity index (χ0v) is 20.3. The molecule has 0 unspecified atom stereocenters. The van der Waals surface area contributed by atoms with E-state index in [0.717, 1.165) is 10.6 Å². The third kappa shape index (κ3) is 6.56. The van der Waals surface area contributed by atoms with E-state index in [1.165, 1.54) is 36.5 Å². The summed E-state index contributed by atoms with van der Waals surface area (Å²) >= 11 is 12.1. The van der Waals surface area contributed by atoms with Crippen LogP contribution in [0.5, 0.6) is 0 Å². The molecule has 34 heavy (non-hydrogen) atoms. The second kappa shape index (κ2) is 11.0. The molecule has 0 aliphatic carbocycles. The fraction of sp³-hybridized carbons (Fsp3) is 0.300. The van der Waals surface area contributed by atoms with E-state index in [-0.39, 0.29) is 21.4 Å². The minimum Gasteiger partial charge on any atom is -0.378 e. The lowest BCUT2D eigenvalue weighted by Crippen LogP contribution is -2.39. The zero-order chi connectivity index (χ0) is 24.9. The van der Waals surface area contributed by atoms with E-state index in [2.05, 4.69) is 10.5 Å². The van der Waals surface area contributed by atoms with Crippen LogP contribution in [0, 0.1) is 10.1 Å². The van der Waals surface area contributed by atoms with E-state index in [4.69, 9.17) is 27.9 Å². The van der Waals surface area contributed by atoms with E-state index in [9.17, 15) is 23.3 Å². The monoisotopic (exact) mass is 529 g/mol. The van der Waals surface area contributed by atoms with Gasteiger partial charge in [-0.15, -0.1) is 0 Å². The lowest BCUT2D eigenvalue weighted by Gasteiger charge is -2.29. The minimum absolute atomic E-state index is 0.0454. The number of anilines is 2. The average molecular weight is 530 g/mol. The van der Waals surface area contributed by atoms with Crippen LogP contribution in [0.2, 0.25) is 10.0 Å². The first kappa shape index (κ1) is 25.7. The molecule has 2 aromatic rings. The van der Waals surface area contributed by atoms with Crippen LogP contribution in [-0.4, -0.2) is 64.6 Å². The summed E-state index contributed by atoms with van der Waals surface area (Å²) < 4.78 is 30.7. The number of rotatable bonds is 8. The minimum atomic E-state index is -3.88. The third-order valence-corrected chi connectivity index (χ3v) is 6.51. The predicted octanol–water partition coefficient (Wildman–Crippen LogP) is 2.65. The number of halogens is 2. The standard InChI is InChI=1S/C20H21Cl2N5O6S/c1-34(31,32)26(19-11-15(21)2-4-17(19)22)13-20(28)24-23-12-14-10-16(27(29)30)3-5-18(14)25-6-8-33-9-7-25/h2-5,10-12H,6-9,13H2,1H3,(H,24,28)/b23-12-. The number of non-ortho nitro benzene ring substituents is 1. The van der Waals surface area contributed by atoms with Crippen LogP contribution >= 0.6 is 23.2 Å². The number of hydrogen-bond acceptors (Lipinski definition) is 8. The first-order valence-corrected chi connectivity index (χ1v) is 12.5. The van der Waals surface area contributed by atoms with Gasteiger partial charge >= 0.3 is 0 Å². The molecule has 2 aromatic carbocycles. The smallest absolute Gasteiger partial charge is 0.270 e. The molecule has 0 atom stereocenters. The van der Waals surface area contributed by atoms with Crippen molar-refractivity contribution in [3.05, 3.63) is 62.1 Å². The number of morpholine rings is 1. The summed E-state index contributed by atoms with van der Waals surface area (Å²) in [5, 5.41) is 15.4. The van der Waals surface area contributed by atoms with Gasteiger partial charge in [0.05, 0.1) is 41.3 Å². The Morgan fingerprint density at radius 3 is 2.62 bits per heavy atom. The Bertz CT molecular complexity index is 1220. The van der Waals surface area contributed by atoms with Crippen LogP contribution in [0.25, 0.3) is 0 Å². The van der Waals surface area contributed by atoms with Gasteiger partial charge in [0.15, 0.2) is 0 Å². The summed E-state index contributed by atoms with van der Waals surface area (Å²) in [6, 6.07) is 8.58. The van der Waals surface area contributed by atoms with E-state index < -0.39 is 27.4 Å². The lowest BCUT2D eigenvalue weighted by atomic mass is 10.1. The van der Waals surface area contributed by atoms with Crippen LogP contribution in [0.1, 0.15) is 5.56 Å². The number of nitro benzene ring substituents is 1. The molecule has 3 rings (SSSR count). The van der Waals surface area contributed by atoms with Crippen molar-refractivity contribution in [3.63, 3.8) is 0 Å². The molecule has 0 saturated carbocycles. The van der Waals surface area contributed by atoms with E-state index in [1.54, 1.807) is 6.07 Å². The summed E-state index contributed by atoms with van der Waals surface area (Å²) in [5.74, 6) is -0.754. The number of ether oxygens (including phenoxy) is 1. The number of nitro groups is 1. The van der Waals surface area contributed by atoms with Gasteiger partial charge in [-0.3, -0.25) is 19.2 Å². The average Bonchev–Trinajstić information content (AvgIpc) is 2.79. The number of nitrogens with one attached hydrogen (secondary N) is 1. The van der Waals surface area contributed by atoms with Gasteiger partial charge in [0.25, 0.3) is 11.6 Å². The highest BCUT2D eigenvalue weighted by atomic mass is 35.5. The zero-order valence-electron chi connectivity index (χ0n) is 18.0. The molecule has 14 heteroatoms. The van der Waals surface area contributed by atoms with Gasteiger partial charge in [-0.2, -0.15) is 5.10 Å². The fourth-order valence-electron chi connectivity index (χ4n) is 3.25. The van der Waals surface area contributed by atoms with Gasteiger partial charge in [0, 0.05) is 41.5 Å². The van der Waals surface area contributed by atoms with Crippen LogP contribution in [0.4, 0.5) is 17.1 Å². The number of amides is 1. The van der Waals surface area contributed by atoms with Crippen LogP contribution in [0.3, 0.4) is 0 Å². The highest BCUT2D eigenvalue weighted by molar-refractivity contribution is 7.92. The molecular weight excluding hydrogens is 509 g/mol. The Balaban J connectivity index is 1.79. The summed E-state index contributed by atoms with van der Waals surface area (Å²) in [4.78, 5) is 25.1. The second-order valence-electron chi connectivity index (χ2n) is 7.26. The van der Waals surface area contributed by atoms with Gasteiger partial charge in [0.1, 0.15) is 6.54 Å². The van der Waals surface area contributed by atoms with Gasteiger partial charge < -0.3 is 9.64 Å². The topological polar surface area (TPSA) is 134 Å². The van der Waals surface area contributed by atoms with Crippen molar-refractivity contribution in [1.29, 1.82) is 0 Å². The molecule has 1 aliphatic rings. The molecule has 1 saturated heterocycles. The molecule has 1 heterocycles. The number of sulfonamides is 1. The van der Waals surface area contributed by atoms with Crippen LogP contribution in [-0.2, 0) is 19.6 Å².